The molecule has 0 bridgehead atoms. The molecule has 0 amide bonds. The van der Waals surface area contributed by atoms with Crippen molar-refractivity contribution >= 4 is 17.3 Å². The van der Waals surface area contributed by atoms with E-state index in [4.69, 9.17) is 17.0 Å². The van der Waals surface area contributed by atoms with Crippen LogP contribution in [0.4, 0.5) is 0 Å². The molecule has 2 aromatic carbocycles. The fourth-order valence-corrected chi connectivity index (χ4v) is 3.83. The van der Waals surface area contributed by atoms with E-state index >= 15 is 0 Å². The minimum atomic E-state index is 0.262. The Labute approximate surface area is 167 Å². The third-order valence-corrected chi connectivity index (χ3v) is 5.37. The van der Waals surface area contributed by atoms with E-state index in [9.17, 15) is 0 Å². The number of thiocarbonyl (C=S) groups is 1. The van der Waals surface area contributed by atoms with Crippen LogP contribution in [0.2, 0.25) is 0 Å². The number of methoxy groups -OCH3 is 1. The van der Waals surface area contributed by atoms with Crippen molar-refractivity contribution < 1.29 is 4.74 Å². The monoisotopic (exact) mass is 383 g/mol. The van der Waals surface area contributed by atoms with Crippen LogP contribution in [0.1, 0.15) is 30.0 Å². The lowest BCUT2D eigenvalue weighted by Crippen LogP contribution is -2.42. The maximum Gasteiger partial charge on any atom is 0.166 e. The number of hydrogen-bond donors (Lipinski definition) is 2. The Hall–Kier alpha value is -2.11. The summed E-state index contributed by atoms with van der Waals surface area (Å²) in [5, 5.41) is 7.46. The molecule has 1 aliphatic heterocycles. The molecule has 2 aromatic rings. The van der Waals surface area contributed by atoms with Gasteiger partial charge >= 0.3 is 0 Å². The number of nitrogens with one attached hydrogen (secondary N) is 2. The molecule has 0 unspecified atom stereocenters. The molecule has 0 saturated carbocycles. The van der Waals surface area contributed by atoms with E-state index < -0.39 is 0 Å². The maximum atomic E-state index is 5.60. The van der Waals surface area contributed by atoms with Gasteiger partial charge < -0.3 is 15.4 Å². The number of ether oxygens (including phenoxy) is 1. The standard InChI is InChI=1S/C22H29N3OS/c1-26-21-12-6-5-11-19(21)20(25-15-7-8-16-25)17-24-22(27)23-14-13-18-9-3-2-4-10-18/h2-6,9-12,20H,7-8,13-17H2,1H3,(H2,23,24,27)/t20-/m1/s1. The number of likely N-dealkylation sites (tertiary alicyclic amines) is 1. The van der Waals surface area contributed by atoms with Crippen molar-refractivity contribution in [1.82, 2.24) is 15.5 Å². The molecule has 0 radical (unpaired) electrons. The molecule has 2 N–H and O–H groups in total. The highest BCUT2D eigenvalue weighted by Crippen LogP contribution is 2.31. The van der Waals surface area contributed by atoms with Crippen molar-refractivity contribution in [2.24, 2.45) is 0 Å². The molecule has 3 rings (SSSR count). The number of benzene rings is 2. The van der Waals surface area contributed by atoms with Gasteiger partial charge in [-0.3, -0.25) is 4.90 Å². The van der Waals surface area contributed by atoms with E-state index in [1.807, 2.05) is 18.2 Å². The highest BCUT2D eigenvalue weighted by molar-refractivity contribution is 7.80. The first-order valence-electron chi connectivity index (χ1n) is 9.70. The van der Waals surface area contributed by atoms with Crippen LogP contribution in [0.25, 0.3) is 0 Å². The molecule has 144 valence electrons. The summed E-state index contributed by atoms with van der Waals surface area (Å²) in [4.78, 5) is 2.53. The van der Waals surface area contributed by atoms with Crippen LogP contribution in [0.3, 0.4) is 0 Å². The quantitative estimate of drug-likeness (QED) is 0.682. The summed E-state index contributed by atoms with van der Waals surface area (Å²) < 4.78 is 5.60. The number of hydrogen-bond acceptors (Lipinski definition) is 3. The minimum Gasteiger partial charge on any atom is -0.496 e. The van der Waals surface area contributed by atoms with E-state index in [1.54, 1.807) is 7.11 Å². The Morgan fingerprint density at radius 1 is 1.04 bits per heavy atom. The Morgan fingerprint density at radius 2 is 1.74 bits per heavy atom. The molecular weight excluding hydrogens is 354 g/mol. The maximum absolute atomic E-state index is 5.60. The predicted molar refractivity (Wildman–Crippen MR) is 115 cm³/mol. The average Bonchev–Trinajstić information content (AvgIpc) is 3.24. The number of nitrogens with zero attached hydrogens (tertiary/aromatic N) is 1. The lowest BCUT2D eigenvalue weighted by atomic mass is 10.0. The first kappa shape index (κ1) is 19.6. The van der Waals surface area contributed by atoms with Crippen molar-refractivity contribution in [3.8, 4) is 5.75 Å². The Morgan fingerprint density at radius 3 is 2.48 bits per heavy atom. The molecule has 1 aliphatic rings. The second-order valence-electron chi connectivity index (χ2n) is 6.87. The van der Waals surface area contributed by atoms with Gasteiger partial charge in [0.25, 0.3) is 0 Å². The van der Waals surface area contributed by atoms with Crippen molar-refractivity contribution in [2.45, 2.75) is 25.3 Å². The van der Waals surface area contributed by atoms with Gasteiger partial charge in [-0.05, 0) is 56.2 Å². The normalized spacial score (nSPS) is 15.3. The van der Waals surface area contributed by atoms with Crippen molar-refractivity contribution in [3.63, 3.8) is 0 Å². The van der Waals surface area contributed by atoms with Gasteiger partial charge in [0.05, 0.1) is 13.2 Å². The molecule has 1 fully saturated rings. The SMILES string of the molecule is COc1ccccc1[C@@H](CNC(=S)NCCc1ccccc1)N1CCCC1. The molecule has 1 atom stereocenters. The molecule has 4 nitrogen and oxygen atoms in total. The third kappa shape index (κ3) is 5.68. The van der Waals surface area contributed by atoms with Crippen LogP contribution in [0, 0.1) is 0 Å². The van der Waals surface area contributed by atoms with Crippen LogP contribution in [-0.4, -0.2) is 43.3 Å². The second-order valence-corrected chi connectivity index (χ2v) is 7.28. The van der Waals surface area contributed by atoms with Gasteiger partial charge in [-0.1, -0.05) is 48.5 Å². The van der Waals surface area contributed by atoms with Gasteiger partial charge in [-0.25, -0.2) is 0 Å². The van der Waals surface area contributed by atoms with Crippen molar-refractivity contribution in [3.05, 3.63) is 65.7 Å². The van der Waals surface area contributed by atoms with Gasteiger partial charge in [0, 0.05) is 18.7 Å². The molecule has 0 aliphatic carbocycles. The zero-order chi connectivity index (χ0) is 18.9. The van der Waals surface area contributed by atoms with Gasteiger partial charge in [0.1, 0.15) is 5.75 Å². The Bertz CT molecular complexity index is 717. The summed E-state index contributed by atoms with van der Waals surface area (Å²) in [6.45, 7) is 3.85. The van der Waals surface area contributed by atoms with Crippen molar-refractivity contribution in [2.75, 3.05) is 33.3 Å². The zero-order valence-electron chi connectivity index (χ0n) is 16.0. The summed E-state index contributed by atoms with van der Waals surface area (Å²) in [5.41, 5.74) is 2.54. The average molecular weight is 384 g/mol. The lowest BCUT2D eigenvalue weighted by molar-refractivity contribution is 0.239. The molecule has 27 heavy (non-hydrogen) atoms. The summed E-state index contributed by atoms with van der Waals surface area (Å²) in [6.07, 6.45) is 3.47. The largest absolute Gasteiger partial charge is 0.496 e. The molecule has 0 aromatic heterocycles. The summed E-state index contributed by atoms with van der Waals surface area (Å²) in [5.74, 6) is 0.944. The van der Waals surface area contributed by atoms with Crippen LogP contribution in [-0.2, 0) is 6.42 Å². The Balaban J connectivity index is 1.55. The van der Waals surface area contributed by atoms with Crippen molar-refractivity contribution in [1.29, 1.82) is 0 Å². The first-order valence-corrected chi connectivity index (χ1v) is 10.1. The van der Waals surface area contributed by atoms with E-state index in [0.29, 0.717) is 5.11 Å². The fourth-order valence-electron chi connectivity index (χ4n) is 3.65. The highest BCUT2D eigenvalue weighted by atomic mass is 32.1. The predicted octanol–water partition coefficient (Wildman–Crippen LogP) is 3.54. The fraction of sp³-hybridized carbons (Fsp3) is 0.409. The summed E-state index contributed by atoms with van der Waals surface area (Å²) >= 11 is 5.50. The van der Waals surface area contributed by atoms with Gasteiger partial charge in [-0.2, -0.15) is 0 Å². The van der Waals surface area contributed by atoms with Crippen LogP contribution in [0.5, 0.6) is 5.75 Å². The van der Waals surface area contributed by atoms with Crippen LogP contribution in [0.15, 0.2) is 54.6 Å². The molecule has 1 heterocycles. The summed E-state index contributed by atoms with van der Waals surface area (Å²) in [6, 6.07) is 19.0. The van der Waals surface area contributed by atoms with E-state index in [-0.39, 0.29) is 6.04 Å². The third-order valence-electron chi connectivity index (χ3n) is 5.08. The van der Waals surface area contributed by atoms with E-state index in [2.05, 4.69) is 51.9 Å². The molecule has 0 spiro atoms. The molecule has 1 saturated heterocycles. The van der Waals surface area contributed by atoms with Crippen LogP contribution < -0.4 is 15.4 Å². The number of para-hydroxylation sites is 1. The zero-order valence-corrected chi connectivity index (χ0v) is 16.8. The highest BCUT2D eigenvalue weighted by Gasteiger charge is 2.25. The second kappa shape index (κ2) is 10.3. The Kier molecular flexibility index (Phi) is 7.48. The van der Waals surface area contributed by atoms with E-state index in [1.165, 1.54) is 24.0 Å². The van der Waals surface area contributed by atoms with E-state index in [0.717, 1.165) is 38.3 Å². The van der Waals surface area contributed by atoms with Gasteiger partial charge in [-0.15, -0.1) is 0 Å². The smallest absolute Gasteiger partial charge is 0.166 e. The minimum absolute atomic E-state index is 0.262. The molecule has 5 heteroatoms. The van der Waals surface area contributed by atoms with Gasteiger partial charge in [0.2, 0.25) is 0 Å². The topological polar surface area (TPSA) is 36.5 Å². The van der Waals surface area contributed by atoms with Gasteiger partial charge in [0.15, 0.2) is 5.11 Å². The molecular formula is C22H29N3OS. The van der Waals surface area contributed by atoms with Crippen LogP contribution >= 0.6 is 12.2 Å². The lowest BCUT2D eigenvalue weighted by Gasteiger charge is -2.29. The first-order chi connectivity index (χ1) is 13.3. The number of rotatable bonds is 8. The summed E-state index contributed by atoms with van der Waals surface area (Å²) in [7, 11) is 1.74.